The number of ether oxygens (including phenoxy) is 1. The van der Waals surface area contributed by atoms with Gasteiger partial charge in [-0.1, -0.05) is 12.1 Å². The smallest absolute Gasteiger partial charge is 0.341 e. The molecule has 0 unspecified atom stereocenters. The van der Waals surface area contributed by atoms with E-state index in [9.17, 15) is 19.5 Å². The summed E-state index contributed by atoms with van der Waals surface area (Å²) in [5, 5.41) is 18.2. The Labute approximate surface area is 150 Å². The molecule has 0 radical (unpaired) electrons. The molecule has 2 aromatic rings. The Kier molecular flexibility index (Phi) is 5.27. The van der Waals surface area contributed by atoms with E-state index >= 15 is 0 Å². The number of carboxylic acid groups (broad SMARTS) is 1. The molecule has 0 spiro atoms. The van der Waals surface area contributed by atoms with Crippen LogP contribution in [0, 0.1) is 11.3 Å². The first kappa shape index (κ1) is 18.9. The normalized spacial score (nSPS) is 10.8. The monoisotopic (exact) mass is 354 g/mol. The Morgan fingerprint density at radius 2 is 1.81 bits per heavy atom. The van der Waals surface area contributed by atoms with Crippen LogP contribution in [0.4, 0.5) is 0 Å². The fraction of sp³-hybridized carbons (Fsp3) is 0.263. The molecule has 7 nitrogen and oxygen atoms in total. The van der Waals surface area contributed by atoms with Crippen molar-refractivity contribution in [2.75, 3.05) is 0 Å². The molecule has 1 heterocycles. The number of esters is 1. The highest BCUT2D eigenvalue weighted by molar-refractivity contribution is 5.89. The first-order valence-corrected chi connectivity index (χ1v) is 7.81. The average Bonchev–Trinajstić information content (AvgIpc) is 2.54. The zero-order valence-electron chi connectivity index (χ0n) is 14.6. The molecule has 134 valence electrons. The van der Waals surface area contributed by atoms with E-state index in [2.05, 4.69) is 0 Å². The Morgan fingerprint density at radius 3 is 2.31 bits per heavy atom. The first-order valence-electron chi connectivity index (χ1n) is 7.81. The van der Waals surface area contributed by atoms with Crippen molar-refractivity contribution in [2.24, 2.45) is 0 Å². The van der Waals surface area contributed by atoms with Gasteiger partial charge in [0.25, 0.3) is 5.56 Å². The summed E-state index contributed by atoms with van der Waals surface area (Å²) in [6.45, 7) is 4.69. The van der Waals surface area contributed by atoms with Gasteiger partial charge in [-0.25, -0.2) is 4.79 Å². The Morgan fingerprint density at radius 1 is 1.19 bits per heavy atom. The van der Waals surface area contributed by atoms with E-state index in [1.807, 2.05) is 6.07 Å². The van der Waals surface area contributed by atoms with Crippen LogP contribution in [0.15, 0.2) is 41.3 Å². The van der Waals surface area contributed by atoms with Crippen molar-refractivity contribution in [2.45, 2.75) is 32.9 Å². The van der Waals surface area contributed by atoms with E-state index < -0.39 is 35.2 Å². The number of rotatable bonds is 4. The highest BCUT2D eigenvalue weighted by Crippen LogP contribution is 2.20. The summed E-state index contributed by atoms with van der Waals surface area (Å²) in [5.41, 5.74) is -0.453. The van der Waals surface area contributed by atoms with E-state index in [4.69, 9.17) is 10.00 Å². The second kappa shape index (κ2) is 7.23. The quantitative estimate of drug-likeness (QED) is 0.845. The zero-order chi connectivity index (χ0) is 19.5. The molecule has 0 aliphatic rings. The van der Waals surface area contributed by atoms with Gasteiger partial charge in [0.15, 0.2) is 0 Å². The van der Waals surface area contributed by atoms with Crippen molar-refractivity contribution < 1.29 is 19.4 Å². The topological polar surface area (TPSA) is 109 Å². The first-order chi connectivity index (χ1) is 12.1. The van der Waals surface area contributed by atoms with Crippen LogP contribution in [0.3, 0.4) is 0 Å². The largest absolute Gasteiger partial charge is 0.477 e. The van der Waals surface area contributed by atoms with Gasteiger partial charge in [-0.2, -0.15) is 5.26 Å². The van der Waals surface area contributed by atoms with Crippen molar-refractivity contribution >= 4 is 11.9 Å². The van der Waals surface area contributed by atoms with Gasteiger partial charge in [0, 0.05) is 6.20 Å². The molecule has 1 aromatic heterocycles. The molecule has 2 rings (SSSR count). The number of aromatic carboxylic acids is 1. The number of pyridine rings is 1. The third-order valence-electron chi connectivity index (χ3n) is 3.38. The van der Waals surface area contributed by atoms with Crippen molar-refractivity contribution in [1.82, 2.24) is 4.57 Å². The number of hydrogen-bond acceptors (Lipinski definition) is 5. The number of hydrogen-bond donors (Lipinski definition) is 1. The molecule has 0 atom stereocenters. The number of benzene rings is 1. The minimum Gasteiger partial charge on any atom is -0.477 e. The number of nitriles is 1. The Hall–Kier alpha value is -3.40. The SMILES string of the molecule is CC(C)(C)OC(=O)Cn1cc(-c2ccc(C#N)cc2)cc(C(=O)O)c1=O. The summed E-state index contributed by atoms with van der Waals surface area (Å²) >= 11 is 0. The fourth-order valence-corrected chi connectivity index (χ4v) is 2.31. The van der Waals surface area contributed by atoms with Crippen LogP contribution < -0.4 is 5.56 Å². The molecule has 0 aliphatic carbocycles. The molecule has 0 aliphatic heterocycles. The number of nitrogens with zero attached hydrogens (tertiary/aromatic N) is 2. The summed E-state index contributed by atoms with van der Waals surface area (Å²) in [6.07, 6.45) is 1.40. The molecule has 1 aromatic carbocycles. The van der Waals surface area contributed by atoms with Gasteiger partial charge in [0.2, 0.25) is 0 Å². The second-order valence-electron chi connectivity index (χ2n) is 6.66. The summed E-state index contributed by atoms with van der Waals surface area (Å²) in [7, 11) is 0. The van der Waals surface area contributed by atoms with E-state index in [-0.39, 0.29) is 0 Å². The van der Waals surface area contributed by atoms with Crippen LogP contribution in [0.5, 0.6) is 0 Å². The van der Waals surface area contributed by atoms with E-state index in [1.165, 1.54) is 12.3 Å². The maximum Gasteiger partial charge on any atom is 0.341 e. The molecule has 7 heteroatoms. The summed E-state index contributed by atoms with van der Waals surface area (Å²) in [4.78, 5) is 35.8. The van der Waals surface area contributed by atoms with E-state index in [1.54, 1.807) is 45.0 Å². The van der Waals surface area contributed by atoms with Crippen molar-refractivity contribution in [3.8, 4) is 17.2 Å². The van der Waals surface area contributed by atoms with Crippen LogP contribution >= 0.6 is 0 Å². The van der Waals surface area contributed by atoms with E-state index in [0.717, 1.165) is 4.57 Å². The molecule has 0 saturated carbocycles. The molecular formula is C19H18N2O5. The van der Waals surface area contributed by atoms with Gasteiger partial charge in [-0.3, -0.25) is 9.59 Å². The maximum absolute atomic E-state index is 12.3. The maximum atomic E-state index is 12.3. The van der Waals surface area contributed by atoms with Crippen LogP contribution in [0.25, 0.3) is 11.1 Å². The van der Waals surface area contributed by atoms with Gasteiger partial charge < -0.3 is 14.4 Å². The summed E-state index contributed by atoms with van der Waals surface area (Å²) in [5.74, 6) is -2.03. The number of carbonyl (C=O) groups is 2. The van der Waals surface area contributed by atoms with Gasteiger partial charge in [0.1, 0.15) is 17.7 Å². The Balaban J connectivity index is 2.49. The van der Waals surface area contributed by atoms with Crippen LogP contribution in [-0.2, 0) is 16.1 Å². The van der Waals surface area contributed by atoms with Crippen molar-refractivity contribution in [3.05, 3.63) is 58.0 Å². The lowest BCUT2D eigenvalue weighted by molar-refractivity contribution is -0.155. The molecular weight excluding hydrogens is 336 g/mol. The third kappa shape index (κ3) is 4.57. The van der Waals surface area contributed by atoms with Crippen LogP contribution in [-0.4, -0.2) is 27.2 Å². The van der Waals surface area contributed by atoms with Gasteiger partial charge in [0.05, 0.1) is 11.6 Å². The lowest BCUT2D eigenvalue weighted by Crippen LogP contribution is -2.32. The number of aromatic nitrogens is 1. The molecule has 26 heavy (non-hydrogen) atoms. The molecule has 0 saturated heterocycles. The van der Waals surface area contributed by atoms with Gasteiger partial charge in [-0.15, -0.1) is 0 Å². The number of carboxylic acids is 1. The Bertz CT molecular complexity index is 944. The van der Waals surface area contributed by atoms with Crippen molar-refractivity contribution in [3.63, 3.8) is 0 Å². The lowest BCUT2D eigenvalue weighted by Gasteiger charge is -2.20. The summed E-state index contributed by atoms with van der Waals surface area (Å²) < 4.78 is 6.21. The molecule has 0 bridgehead atoms. The van der Waals surface area contributed by atoms with Gasteiger partial charge in [-0.05, 0) is 50.1 Å². The van der Waals surface area contributed by atoms with Crippen LogP contribution in [0.1, 0.15) is 36.7 Å². The standard InChI is InChI=1S/C19H18N2O5/c1-19(2,3)26-16(22)11-21-10-14(8-15(17(21)23)18(24)25)13-6-4-12(9-20)5-7-13/h4-8,10H,11H2,1-3H3,(H,24,25). The van der Waals surface area contributed by atoms with Gasteiger partial charge >= 0.3 is 11.9 Å². The molecule has 0 amide bonds. The minimum absolute atomic E-state index is 0.402. The van der Waals surface area contributed by atoms with Crippen molar-refractivity contribution in [1.29, 1.82) is 5.26 Å². The predicted molar refractivity (Wildman–Crippen MR) is 93.7 cm³/mol. The molecule has 0 fully saturated rings. The van der Waals surface area contributed by atoms with Crippen LogP contribution in [0.2, 0.25) is 0 Å². The fourth-order valence-electron chi connectivity index (χ4n) is 2.31. The predicted octanol–water partition coefficient (Wildman–Crippen LogP) is 2.43. The van der Waals surface area contributed by atoms with E-state index in [0.29, 0.717) is 16.7 Å². The highest BCUT2D eigenvalue weighted by atomic mass is 16.6. The third-order valence-corrected chi connectivity index (χ3v) is 3.38. The highest BCUT2D eigenvalue weighted by Gasteiger charge is 2.19. The zero-order valence-corrected chi connectivity index (χ0v) is 14.6. The number of carbonyl (C=O) groups excluding carboxylic acids is 1. The molecule has 1 N–H and O–H groups in total. The second-order valence-corrected chi connectivity index (χ2v) is 6.66. The average molecular weight is 354 g/mol. The summed E-state index contributed by atoms with van der Waals surface area (Å²) in [6, 6.07) is 9.69. The lowest BCUT2D eigenvalue weighted by atomic mass is 10.0. The minimum atomic E-state index is -1.39.